The van der Waals surface area contributed by atoms with Crippen molar-refractivity contribution in [3.63, 3.8) is 0 Å². The molecule has 0 aliphatic rings. The van der Waals surface area contributed by atoms with Crippen LogP contribution in [0.2, 0.25) is 0 Å². The van der Waals surface area contributed by atoms with Crippen LogP contribution in [0, 0.1) is 5.82 Å². The minimum atomic E-state index is -0.299. The van der Waals surface area contributed by atoms with E-state index >= 15 is 0 Å². The number of methoxy groups -OCH3 is 1. The van der Waals surface area contributed by atoms with Crippen molar-refractivity contribution in [1.82, 2.24) is 10.2 Å². The van der Waals surface area contributed by atoms with Gasteiger partial charge in [0.1, 0.15) is 5.82 Å². The summed E-state index contributed by atoms with van der Waals surface area (Å²) in [7, 11) is 5.32. The molecule has 0 spiro atoms. The summed E-state index contributed by atoms with van der Waals surface area (Å²) in [5.41, 5.74) is 1.25. The second-order valence-corrected chi connectivity index (χ2v) is 7.44. The Morgan fingerprint density at radius 1 is 1.29 bits per heavy atom. The minimum Gasteiger partial charge on any atom is -0.493 e. The van der Waals surface area contributed by atoms with Gasteiger partial charge in [0.05, 0.1) is 24.2 Å². The van der Waals surface area contributed by atoms with E-state index in [2.05, 4.69) is 21.2 Å². The number of ether oxygens (including phenoxy) is 2. The van der Waals surface area contributed by atoms with E-state index in [0.717, 1.165) is 12.0 Å². The molecule has 0 aliphatic heterocycles. The van der Waals surface area contributed by atoms with Gasteiger partial charge in [0.15, 0.2) is 11.5 Å². The lowest BCUT2D eigenvalue weighted by Gasteiger charge is -2.25. The highest BCUT2D eigenvalue weighted by molar-refractivity contribution is 9.10. The Morgan fingerprint density at radius 2 is 2.04 bits per heavy atom. The van der Waals surface area contributed by atoms with Gasteiger partial charge in [-0.3, -0.25) is 4.79 Å². The Balaban J connectivity index is 2.16. The van der Waals surface area contributed by atoms with Gasteiger partial charge in [-0.05, 0) is 66.3 Å². The van der Waals surface area contributed by atoms with Crippen molar-refractivity contribution in [2.75, 3.05) is 34.4 Å². The van der Waals surface area contributed by atoms with Crippen LogP contribution in [-0.2, 0) is 0 Å². The maximum absolute atomic E-state index is 13.6. The number of hydrogen-bond acceptors (Lipinski definition) is 4. The summed E-state index contributed by atoms with van der Waals surface area (Å²) in [6.07, 6.45) is 0.865. The second kappa shape index (κ2) is 10.4. The molecule has 1 unspecified atom stereocenters. The maximum atomic E-state index is 13.6. The topological polar surface area (TPSA) is 50.8 Å². The summed E-state index contributed by atoms with van der Waals surface area (Å²) < 4.78 is 25.3. The van der Waals surface area contributed by atoms with Crippen LogP contribution in [0.3, 0.4) is 0 Å². The lowest BCUT2D eigenvalue weighted by molar-refractivity contribution is 0.0941. The van der Waals surface area contributed by atoms with Gasteiger partial charge in [-0.1, -0.05) is 19.1 Å². The third-order valence-electron chi connectivity index (χ3n) is 4.25. The summed E-state index contributed by atoms with van der Waals surface area (Å²) in [5.74, 6) is 0.519. The van der Waals surface area contributed by atoms with E-state index in [9.17, 15) is 9.18 Å². The van der Waals surface area contributed by atoms with Gasteiger partial charge >= 0.3 is 0 Å². The number of rotatable bonds is 9. The number of amides is 1. The van der Waals surface area contributed by atoms with Gasteiger partial charge in [-0.25, -0.2) is 4.39 Å². The summed E-state index contributed by atoms with van der Waals surface area (Å²) in [4.78, 5) is 14.6. The van der Waals surface area contributed by atoms with Crippen LogP contribution < -0.4 is 14.8 Å². The molecule has 2 aromatic carbocycles. The van der Waals surface area contributed by atoms with Crippen LogP contribution in [0.4, 0.5) is 4.39 Å². The SMILES string of the molecule is CCCOc1c(Br)cc(C(=O)NCC(c2cccc(F)c2)N(C)C)cc1OC. The average Bonchev–Trinajstić information content (AvgIpc) is 2.66. The normalized spacial score (nSPS) is 12.0. The molecule has 1 amide bonds. The molecule has 1 atom stereocenters. The fraction of sp³-hybridized carbons (Fsp3) is 0.381. The van der Waals surface area contributed by atoms with Crippen LogP contribution in [-0.4, -0.2) is 45.2 Å². The van der Waals surface area contributed by atoms with E-state index in [1.54, 1.807) is 18.2 Å². The van der Waals surface area contributed by atoms with Crippen molar-refractivity contribution in [2.24, 2.45) is 0 Å². The molecular weight excluding hydrogens is 427 g/mol. The van der Waals surface area contributed by atoms with Gasteiger partial charge in [0, 0.05) is 12.1 Å². The van der Waals surface area contributed by atoms with Crippen LogP contribution in [0.25, 0.3) is 0 Å². The number of benzene rings is 2. The van der Waals surface area contributed by atoms with E-state index in [0.29, 0.717) is 34.7 Å². The van der Waals surface area contributed by atoms with E-state index in [1.165, 1.54) is 19.2 Å². The molecule has 28 heavy (non-hydrogen) atoms. The molecule has 0 fully saturated rings. The quantitative estimate of drug-likeness (QED) is 0.611. The molecule has 5 nitrogen and oxygen atoms in total. The Bertz CT molecular complexity index is 814. The number of halogens is 2. The first-order chi connectivity index (χ1) is 13.4. The molecule has 1 N–H and O–H groups in total. The molecular formula is C21H26BrFN2O3. The van der Waals surface area contributed by atoms with Gasteiger partial charge in [0.2, 0.25) is 0 Å². The number of nitrogens with zero attached hydrogens (tertiary/aromatic N) is 1. The number of likely N-dealkylation sites (N-methyl/N-ethyl adjacent to an activating group) is 1. The molecule has 2 rings (SSSR count). The van der Waals surface area contributed by atoms with Crippen molar-refractivity contribution in [3.8, 4) is 11.5 Å². The molecule has 0 bridgehead atoms. The van der Waals surface area contributed by atoms with Crippen molar-refractivity contribution < 1.29 is 18.7 Å². The van der Waals surface area contributed by atoms with Crippen LogP contribution in [0.5, 0.6) is 11.5 Å². The molecule has 2 aromatic rings. The third-order valence-corrected chi connectivity index (χ3v) is 4.84. The molecule has 0 saturated carbocycles. The number of hydrogen-bond donors (Lipinski definition) is 1. The highest BCUT2D eigenvalue weighted by Gasteiger charge is 2.19. The minimum absolute atomic E-state index is 0.155. The second-order valence-electron chi connectivity index (χ2n) is 6.58. The zero-order valence-corrected chi connectivity index (χ0v) is 18.2. The first-order valence-corrected chi connectivity index (χ1v) is 9.87. The van der Waals surface area contributed by atoms with E-state index < -0.39 is 0 Å². The number of carbonyl (C=O) groups is 1. The van der Waals surface area contributed by atoms with Crippen molar-refractivity contribution in [1.29, 1.82) is 0 Å². The highest BCUT2D eigenvalue weighted by atomic mass is 79.9. The van der Waals surface area contributed by atoms with Gasteiger partial charge in [0.25, 0.3) is 5.91 Å². The lowest BCUT2D eigenvalue weighted by Crippen LogP contribution is -2.34. The number of nitrogens with one attached hydrogen (secondary N) is 1. The molecule has 7 heteroatoms. The fourth-order valence-electron chi connectivity index (χ4n) is 2.80. The molecule has 152 valence electrons. The monoisotopic (exact) mass is 452 g/mol. The summed E-state index contributed by atoms with van der Waals surface area (Å²) in [6.45, 7) is 2.91. The summed E-state index contributed by atoms with van der Waals surface area (Å²) in [6, 6.07) is 9.60. The average molecular weight is 453 g/mol. The fourth-order valence-corrected chi connectivity index (χ4v) is 3.36. The van der Waals surface area contributed by atoms with Crippen LogP contribution in [0.1, 0.15) is 35.3 Å². The lowest BCUT2D eigenvalue weighted by atomic mass is 10.1. The largest absolute Gasteiger partial charge is 0.493 e. The zero-order valence-electron chi connectivity index (χ0n) is 16.6. The van der Waals surface area contributed by atoms with Crippen molar-refractivity contribution in [2.45, 2.75) is 19.4 Å². The Morgan fingerprint density at radius 3 is 2.64 bits per heavy atom. The Hall–Kier alpha value is -2.12. The van der Waals surface area contributed by atoms with Gasteiger partial charge in [-0.15, -0.1) is 0 Å². The number of carbonyl (C=O) groups excluding carboxylic acids is 1. The summed E-state index contributed by atoms with van der Waals surface area (Å²) >= 11 is 3.45. The maximum Gasteiger partial charge on any atom is 0.251 e. The molecule has 0 heterocycles. The first-order valence-electron chi connectivity index (χ1n) is 9.07. The predicted molar refractivity (Wildman–Crippen MR) is 112 cm³/mol. The Labute approximate surface area is 174 Å². The van der Waals surface area contributed by atoms with Crippen molar-refractivity contribution >= 4 is 21.8 Å². The van der Waals surface area contributed by atoms with Gasteiger partial charge in [-0.2, -0.15) is 0 Å². The van der Waals surface area contributed by atoms with E-state index in [-0.39, 0.29) is 17.8 Å². The molecule has 0 aromatic heterocycles. The first kappa shape index (κ1) is 22.2. The zero-order chi connectivity index (χ0) is 20.7. The van der Waals surface area contributed by atoms with E-state index in [4.69, 9.17) is 9.47 Å². The summed E-state index contributed by atoms with van der Waals surface area (Å²) in [5, 5.41) is 2.92. The van der Waals surface area contributed by atoms with Gasteiger partial charge < -0.3 is 19.7 Å². The molecule has 0 radical (unpaired) electrons. The Kier molecular flexibility index (Phi) is 8.26. The smallest absolute Gasteiger partial charge is 0.251 e. The third kappa shape index (κ3) is 5.69. The van der Waals surface area contributed by atoms with Crippen LogP contribution >= 0.6 is 15.9 Å². The molecule has 0 aliphatic carbocycles. The standard InChI is InChI=1S/C21H26BrFN2O3/c1-5-9-28-20-17(22)11-15(12-19(20)27-4)21(26)24-13-18(25(2)3)14-7-6-8-16(23)10-14/h6-8,10-12,18H,5,9,13H2,1-4H3,(H,24,26). The highest BCUT2D eigenvalue weighted by Crippen LogP contribution is 2.36. The van der Waals surface area contributed by atoms with E-state index in [1.807, 2.05) is 32.0 Å². The molecule has 0 saturated heterocycles. The van der Waals surface area contributed by atoms with Crippen LogP contribution in [0.15, 0.2) is 40.9 Å². The predicted octanol–water partition coefficient (Wildman–Crippen LogP) is 4.42. The van der Waals surface area contributed by atoms with Crippen molar-refractivity contribution in [3.05, 3.63) is 57.8 Å².